The molecule has 1 aromatic heterocycles. The highest BCUT2D eigenvalue weighted by Gasteiger charge is 2.16. The molecule has 0 bridgehead atoms. The molecular formula is C18H17ClIN3O2. The van der Waals surface area contributed by atoms with E-state index >= 15 is 0 Å². The average molecular weight is 470 g/mol. The Bertz CT molecular complexity index is 922. The zero-order chi connectivity index (χ0) is 17.4. The van der Waals surface area contributed by atoms with Crippen LogP contribution in [0.4, 0.5) is 5.69 Å². The molecule has 0 N–H and O–H groups in total. The second kappa shape index (κ2) is 7.01. The van der Waals surface area contributed by atoms with Gasteiger partial charge >= 0.3 is 0 Å². The van der Waals surface area contributed by atoms with E-state index in [-0.39, 0.29) is 0 Å². The first kappa shape index (κ1) is 16.9. The third-order valence-corrected chi connectivity index (χ3v) is 5.39. The summed E-state index contributed by atoms with van der Waals surface area (Å²) >= 11 is 8.55. The minimum Gasteiger partial charge on any atom is -0.495 e. The van der Waals surface area contributed by atoms with E-state index in [0.717, 1.165) is 46.9 Å². The molecule has 25 heavy (non-hydrogen) atoms. The number of morpholine rings is 1. The molecule has 2 aromatic carbocycles. The van der Waals surface area contributed by atoms with Crippen LogP contribution in [0, 0.1) is 3.83 Å². The van der Waals surface area contributed by atoms with Gasteiger partial charge in [0, 0.05) is 47.1 Å². The Hall–Kier alpha value is -1.51. The summed E-state index contributed by atoms with van der Waals surface area (Å²) in [5.41, 5.74) is 4.18. The van der Waals surface area contributed by atoms with Gasteiger partial charge in [-0.1, -0.05) is 11.6 Å². The fourth-order valence-electron chi connectivity index (χ4n) is 3.10. The molecule has 1 aliphatic rings. The molecule has 5 nitrogen and oxygen atoms in total. The van der Waals surface area contributed by atoms with Crippen molar-refractivity contribution in [2.24, 2.45) is 0 Å². The Morgan fingerprint density at radius 2 is 1.88 bits per heavy atom. The number of imidazole rings is 1. The zero-order valence-corrected chi connectivity index (χ0v) is 16.6. The van der Waals surface area contributed by atoms with E-state index in [1.807, 2.05) is 18.2 Å². The van der Waals surface area contributed by atoms with Crippen LogP contribution in [0.2, 0.25) is 5.02 Å². The second-order valence-electron chi connectivity index (χ2n) is 5.81. The largest absolute Gasteiger partial charge is 0.495 e. The van der Waals surface area contributed by atoms with E-state index in [0.29, 0.717) is 10.8 Å². The summed E-state index contributed by atoms with van der Waals surface area (Å²) in [6.45, 7) is 3.37. The molecule has 2 heterocycles. The van der Waals surface area contributed by atoms with Crippen LogP contribution < -0.4 is 9.64 Å². The first-order valence-electron chi connectivity index (χ1n) is 8.02. The van der Waals surface area contributed by atoms with Crippen molar-refractivity contribution in [3.63, 3.8) is 0 Å². The summed E-state index contributed by atoms with van der Waals surface area (Å²) < 4.78 is 13.7. The Balaban J connectivity index is 1.77. The predicted octanol–water partition coefficient (Wildman–Crippen LogP) is 4.13. The van der Waals surface area contributed by atoms with Crippen LogP contribution in [0.25, 0.3) is 16.7 Å². The van der Waals surface area contributed by atoms with Gasteiger partial charge in [0.05, 0.1) is 36.4 Å². The maximum Gasteiger partial charge on any atom is 0.177 e. The number of aromatic nitrogens is 2. The van der Waals surface area contributed by atoms with E-state index in [2.05, 4.69) is 50.3 Å². The molecule has 0 amide bonds. The summed E-state index contributed by atoms with van der Waals surface area (Å²) in [6, 6.07) is 12.2. The van der Waals surface area contributed by atoms with Gasteiger partial charge in [-0.05, 0) is 36.4 Å². The molecule has 130 valence electrons. The Kier molecular flexibility index (Phi) is 4.75. The van der Waals surface area contributed by atoms with Gasteiger partial charge in [-0.3, -0.25) is 4.57 Å². The van der Waals surface area contributed by atoms with Gasteiger partial charge in [0.2, 0.25) is 0 Å². The molecule has 0 saturated carbocycles. The molecular weight excluding hydrogens is 453 g/mol. The Morgan fingerprint density at radius 1 is 1.12 bits per heavy atom. The van der Waals surface area contributed by atoms with Crippen LogP contribution in [0.5, 0.6) is 5.75 Å². The zero-order valence-electron chi connectivity index (χ0n) is 13.7. The molecule has 1 aliphatic heterocycles. The van der Waals surface area contributed by atoms with Crippen molar-refractivity contribution < 1.29 is 9.47 Å². The van der Waals surface area contributed by atoms with Crippen LogP contribution in [0.1, 0.15) is 0 Å². The van der Waals surface area contributed by atoms with Crippen molar-refractivity contribution >= 4 is 50.9 Å². The number of methoxy groups -OCH3 is 1. The van der Waals surface area contributed by atoms with E-state index in [1.54, 1.807) is 7.11 Å². The normalized spacial score (nSPS) is 14.9. The Morgan fingerprint density at radius 3 is 2.60 bits per heavy atom. The summed E-state index contributed by atoms with van der Waals surface area (Å²) in [6.07, 6.45) is 0. The van der Waals surface area contributed by atoms with Gasteiger partial charge in [-0.2, -0.15) is 0 Å². The quantitative estimate of drug-likeness (QED) is 0.541. The number of fused-ring (bicyclic) bond motifs is 1. The number of nitrogens with zero attached hydrogens (tertiary/aromatic N) is 3. The number of benzene rings is 2. The maximum absolute atomic E-state index is 6.30. The monoisotopic (exact) mass is 469 g/mol. The minimum atomic E-state index is 0.586. The molecule has 4 rings (SSSR count). The highest BCUT2D eigenvalue weighted by molar-refractivity contribution is 14.1. The van der Waals surface area contributed by atoms with Crippen LogP contribution in [0.15, 0.2) is 36.4 Å². The molecule has 7 heteroatoms. The highest BCUT2D eigenvalue weighted by atomic mass is 127. The van der Waals surface area contributed by atoms with Crippen molar-refractivity contribution in [2.75, 3.05) is 38.3 Å². The fourth-order valence-corrected chi connectivity index (χ4v) is 4.15. The van der Waals surface area contributed by atoms with Crippen LogP contribution in [-0.2, 0) is 4.74 Å². The molecule has 0 spiro atoms. The van der Waals surface area contributed by atoms with Crippen molar-refractivity contribution in [1.82, 2.24) is 9.55 Å². The number of halogens is 2. The van der Waals surface area contributed by atoms with Crippen molar-refractivity contribution in [2.45, 2.75) is 0 Å². The molecule has 0 atom stereocenters. The van der Waals surface area contributed by atoms with Gasteiger partial charge in [0.15, 0.2) is 3.83 Å². The SMILES string of the molecule is COc1ccc(-n2c(I)nc3cc(N4CCOCC4)ccc32)cc1Cl. The number of anilines is 1. The first-order valence-corrected chi connectivity index (χ1v) is 9.47. The summed E-state index contributed by atoms with van der Waals surface area (Å²) in [4.78, 5) is 7.07. The molecule has 0 radical (unpaired) electrons. The Labute approximate surface area is 164 Å². The van der Waals surface area contributed by atoms with Crippen LogP contribution >= 0.6 is 34.2 Å². The number of rotatable bonds is 3. The third kappa shape index (κ3) is 3.18. The number of ether oxygens (including phenoxy) is 2. The van der Waals surface area contributed by atoms with Gasteiger partial charge < -0.3 is 14.4 Å². The fraction of sp³-hybridized carbons (Fsp3) is 0.278. The topological polar surface area (TPSA) is 39.5 Å². The van der Waals surface area contributed by atoms with Crippen LogP contribution in [-0.4, -0.2) is 43.0 Å². The van der Waals surface area contributed by atoms with Crippen molar-refractivity contribution in [3.05, 3.63) is 45.3 Å². The predicted molar refractivity (Wildman–Crippen MR) is 108 cm³/mol. The van der Waals surface area contributed by atoms with Crippen LogP contribution in [0.3, 0.4) is 0 Å². The number of hydrogen-bond donors (Lipinski definition) is 0. The van der Waals surface area contributed by atoms with E-state index in [1.165, 1.54) is 5.69 Å². The lowest BCUT2D eigenvalue weighted by molar-refractivity contribution is 0.122. The molecule has 3 aromatic rings. The second-order valence-corrected chi connectivity index (χ2v) is 7.18. The van der Waals surface area contributed by atoms with Gasteiger partial charge in [0.25, 0.3) is 0 Å². The summed E-state index contributed by atoms with van der Waals surface area (Å²) in [7, 11) is 1.62. The highest BCUT2D eigenvalue weighted by Crippen LogP contribution is 2.31. The standard InChI is InChI=1S/C18H17ClIN3O2/c1-24-17-5-3-13(10-14(17)19)23-16-4-2-12(11-15(16)21-18(23)20)22-6-8-25-9-7-22/h2-5,10-11H,6-9H2,1H3. The molecule has 0 unspecified atom stereocenters. The van der Waals surface area contributed by atoms with Gasteiger partial charge in [-0.25, -0.2) is 4.98 Å². The van der Waals surface area contributed by atoms with E-state index in [9.17, 15) is 0 Å². The lowest BCUT2D eigenvalue weighted by Crippen LogP contribution is -2.36. The lowest BCUT2D eigenvalue weighted by atomic mass is 10.2. The molecule has 1 saturated heterocycles. The lowest BCUT2D eigenvalue weighted by Gasteiger charge is -2.28. The summed E-state index contributed by atoms with van der Waals surface area (Å²) in [5, 5.41) is 0.586. The molecule has 0 aliphatic carbocycles. The van der Waals surface area contributed by atoms with Gasteiger partial charge in [-0.15, -0.1) is 0 Å². The summed E-state index contributed by atoms with van der Waals surface area (Å²) in [5.74, 6) is 0.666. The van der Waals surface area contributed by atoms with Crippen molar-refractivity contribution in [1.29, 1.82) is 0 Å². The smallest absolute Gasteiger partial charge is 0.177 e. The maximum atomic E-state index is 6.30. The number of hydrogen-bond acceptors (Lipinski definition) is 4. The van der Waals surface area contributed by atoms with E-state index < -0.39 is 0 Å². The van der Waals surface area contributed by atoms with Gasteiger partial charge in [0.1, 0.15) is 5.75 Å². The first-order chi connectivity index (χ1) is 12.2. The minimum absolute atomic E-state index is 0.586. The van der Waals surface area contributed by atoms with E-state index in [4.69, 9.17) is 26.1 Å². The third-order valence-electron chi connectivity index (χ3n) is 4.37. The average Bonchev–Trinajstić information content (AvgIpc) is 2.97. The molecule has 1 fully saturated rings. The van der Waals surface area contributed by atoms with Crippen molar-refractivity contribution in [3.8, 4) is 11.4 Å².